The largest absolute Gasteiger partial charge is 0.469 e. The van der Waals surface area contributed by atoms with E-state index in [2.05, 4.69) is 0 Å². The van der Waals surface area contributed by atoms with Gasteiger partial charge in [0.05, 0.1) is 24.9 Å². The van der Waals surface area contributed by atoms with Crippen LogP contribution in [0.25, 0.3) is 6.08 Å². The molecule has 4 rings (SSSR count). The number of fused-ring (bicyclic) bond motifs is 1. The van der Waals surface area contributed by atoms with Crippen LogP contribution in [-0.4, -0.2) is 97.5 Å². The highest BCUT2D eigenvalue weighted by Gasteiger charge is 2.66. The topological polar surface area (TPSA) is 185 Å². The maximum absolute atomic E-state index is 12.6. The van der Waals surface area contributed by atoms with E-state index >= 15 is 0 Å². The van der Waals surface area contributed by atoms with Crippen LogP contribution in [0.1, 0.15) is 18.9 Å². The summed E-state index contributed by atoms with van der Waals surface area (Å²) in [5.41, 5.74) is -2.64. The first-order valence-electron chi connectivity index (χ1n) is 11.4. The summed E-state index contributed by atoms with van der Waals surface area (Å²) >= 11 is 0. The molecule has 1 aliphatic carbocycles. The molecule has 12 nitrogen and oxygen atoms in total. The predicted octanol–water partition coefficient (Wildman–Crippen LogP) is -1.27. The lowest BCUT2D eigenvalue weighted by molar-refractivity contribution is -0.474. The van der Waals surface area contributed by atoms with Gasteiger partial charge in [0.15, 0.2) is 0 Å². The third-order valence-electron chi connectivity index (χ3n) is 6.75. The lowest BCUT2D eigenvalue weighted by Crippen LogP contribution is -2.60. The summed E-state index contributed by atoms with van der Waals surface area (Å²) in [6, 6.07) is 9.04. The van der Waals surface area contributed by atoms with Crippen LogP contribution >= 0.6 is 0 Å². The Morgan fingerprint density at radius 1 is 1.08 bits per heavy atom. The molecule has 1 aromatic rings. The number of aliphatic hydroxyl groups is 6. The average molecular weight is 510 g/mol. The van der Waals surface area contributed by atoms with Crippen molar-refractivity contribution in [2.24, 2.45) is 5.92 Å². The Hall–Kier alpha value is -2.39. The van der Waals surface area contributed by atoms with Gasteiger partial charge in [-0.1, -0.05) is 30.3 Å². The van der Waals surface area contributed by atoms with E-state index in [0.29, 0.717) is 0 Å². The van der Waals surface area contributed by atoms with Gasteiger partial charge in [-0.05, 0) is 24.6 Å². The molecule has 3 aliphatic rings. The second-order valence-electron chi connectivity index (χ2n) is 9.26. The van der Waals surface area contributed by atoms with E-state index in [1.54, 1.807) is 18.2 Å². The molecular formula is C24H30O12. The molecule has 0 radical (unpaired) electrons. The number of carbonyl (C=O) groups is 1. The van der Waals surface area contributed by atoms with E-state index < -0.39 is 72.8 Å². The first-order chi connectivity index (χ1) is 17.1. The van der Waals surface area contributed by atoms with E-state index in [1.807, 2.05) is 18.2 Å². The van der Waals surface area contributed by atoms with Crippen molar-refractivity contribution in [1.29, 1.82) is 0 Å². The molecule has 1 saturated carbocycles. The zero-order valence-electron chi connectivity index (χ0n) is 19.4. The average Bonchev–Trinajstić information content (AvgIpc) is 3.06. The normalized spacial score (nSPS) is 42.2. The van der Waals surface area contributed by atoms with E-state index in [1.165, 1.54) is 19.1 Å². The van der Waals surface area contributed by atoms with Crippen LogP contribution in [0.4, 0.5) is 0 Å². The van der Waals surface area contributed by atoms with E-state index in [0.717, 1.165) is 11.8 Å². The maximum Gasteiger partial charge on any atom is 0.331 e. The number of benzene rings is 1. The molecule has 2 aliphatic heterocycles. The van der Waals surface area contributed by atoms with Crippen LogP contribution in [-0.2, 0) is 28.8 Å². The minimum absolute atomic E-state index is 0.160. The number of esters is 1. The maximum atomic E-state index is 12.6. The minimum Gasteiger partial charge on any atom is -0.469 e. The lowest BCUT2D eigenvalue weighted by Gasteiger charge is -2.43. The number of hydrogen-bond donors (Lipinski definition) is 6. The van der Waals surface area contributed by atoms with Crippen LogP contribution in [0, 0.1) is 5.92 Å². The third-order valence-corrected chi connectivity index (χ3v) is 6.75. The highest BCUT2D eigenvalue weighted by molar-refractivity contribution is 5.87. The zero-order valence-corrected chi connectivity index (χ0v) is 19.4. The summed E-state index contributed by atoms with van der Waals surface area (Å²) in [6.45, 7) is 0.826. The molecule has 12 heteroatoms. The SMILES string of the molecule is C[C@@]1(OC(=O)C=Cc2ccccc2)C[C@@H](O)[C@@]2(O)C=CO[C@@H](OO[C@@H]3O[C@H](CO)[C@@H](O)[C@H](O)[C@H]3O)[C@@H]21. The standard InChI is InChI=1S/C24H30O12/c1-23(34-16(27)8-7-13-5-3-2-4-6-13)11-15(26)24(31)9-10-32-22(20(23)24)36-35-21-19(30)18(29)17(28)14(12-25)33-21/h2-10,14-15,17-22,25-26,28-31H,11-12H2,1H3/t14-,15-,17-,18+,19-,20-,21+,22+,23-,24+/m1/s1. The van der Waals surface area contributed by atoms with Crippen LogP contribution < -0.4 is 0 Å². The monoisotopic (exact) mass is 510 g/mol. The van der Waals surface area contributed by atoms with Gasteiger partial charge in [-0.25, -0.2) is 4.79 Å². The van der Waals surface area contributed by atoms with Crippen molar-refractivity contribution < 1.29 is 59.4 Å². The summed E-state index contributed by atoms with van der Waals surface area (Å²) < 4.78 is 16.3. The van der Waals surface area contributed by atoms with Crippen molar-refractivity contribution in [1.82, 2.24) is 0 Å². The molecule has 0 bridgehead atoms. The van der Waals surface area contributed by atoms with Crippen LogP contribution in [0.15, 0.2) is 48.7 Å². The quantitative estimate of drug-likeness (QED) is 0.111. The highest BCUT2D eigenvalue weighted by Crippen LogP contribution is 2.51. The number of aliphatic hydroxyl groups excluding tert-OH is 5. The van der Waals surface area contributed by atoms with Crippen molar-refractivity contribution in [2.45, 2.75) is 67.6 Å². The molecule has 1 aromatic carbocycles. The van der Waals surface area contributed by atoms with Gasteiger partial charge in [-0.15, -0.1) is 0 Å². The first kappa shape index (κ1) is 26.7. The van der Waals surface area contributed by atoms with Crippen molar-refractivity contribution >= 4 is 12.0 Å². The van der Waals surface area contributed by atoms with Crippen LogP contribution in [0.3, 0.4) is 0 Å². The smallest absolute Gasteiger partial charge is 0.331 e. The molecule has 6 N–H and O–H groups in total. The summed E-state index contributed by atoms with van der Waals surface area (Å²) in [5.74, 6) is -1.93. The van der Waals surface area contributed by atoms with Gasteiger partial charge in [-0.3, -0.25) is 0 Å². The number of ether oxygens (including phenoxy) is 3. The Morgan fingerprint density at radius 2 is 1.78 bits per heavy atom. The molecule has 2 fully saturated rings. The Balaban J connectivity index is 1.49. The summed E-state index contributed by atoms with van der Waals surface area (Å²) in [5, 5.41) is 61.2. The van der Waals surface area contributed by atoms with Gasteiger partial charge < -0.3 is 44.8 Å². The molecule has 0 aromatic heterocycles. The van der Waals surface area contributed by atoms with Gasteiger partial charge in [0.25, 0.3) is 0 Å². The fourth-order valence-corrected chi connectivity index (χ4v) is 4.83. The lowest BCUT2D eigenvalue weighted by atomic mass is 9.81. The Bertz CT molecular complexity index is 967. The van der Waals surface area contributed by atoms with Crippen molar-refractivity contribution in [2.75, 3.05) is 6.61 Å². The van der Waals surface area contributed by atoms with E-state index in [4.69, 9.17) is 24.0 Å². The number of hydrogen-bond acceptors (Lipinski definition) is 12. The summed E-state index contributed by atoms with van der Waals surface area (Å²) in [7, 11) is 0. The summed E-state index contributed by atoms with van der Waals surface area (Å²) in [6.07, 6.45) is -5.83. The molecule has 36 heavy (non-hydrogen) atoms. The van der Waals surface area contributed by atoms with Crippen molar-refractivity contribution in [3.63, 3.8) is 0 Å². The number of carbonyl (C=O) groups excluding carboxylic acids is 1. The Kier molecular flexibility index (Phi) is 7.80. The van der Waals surface area contributed by atoms with Gasteiger partial charge in [0.1, 0.15) is 35.6 Å². The van der Waals surface area contributed by atoms with E-state index in [9.17, 15) is 35.4 Å². The Morgan fingerprint density at radius 3 is 2.47 bits per heavy atom. The fraction of sp³-hybridized carbons (Fsp3) is 0.542. The summed E-state index contributed by atoms with van der Waals surface area (Å²) in [4.78, 5) is 23.0. The second kappa shape index (κ2) is 10.5. The molecule has 2 heterocycles. The molecule has 10 atom stereocenters. The molecule has 0 unspecified atom stereocenters. The Labute approximate surface area is 206 Å². The highest BCUT2D eigenvalue weighted by atomic mass is 17.2. The molecule has 0 spiro atoms. The van der Waals surface area contributed by atoms with Crippen molar-refractivity contribution in [3.8, 4) is 0 Å². The first-order valence-corrected chi connectivity index (χ1v) is 11.4. The van der Waals surface area contributed by atoms with Gasteiger partial charge in [-0.2, -0.15) is 9.78 Å². The van der Waals surface area contributed by atoms with Crippen LogP contribution in [0.5, 0.6) is 0 Å². The minimum atomic E-state index is -1.92. The second-order valence-corrected chi connectivity index (χ2v) is 9.26. The van der Waals surface area contributed by atoms with Gasteiger partial charge in [0, 0.05) is 12.5 Å². The molecular weight excluding hydrogens is 480 g/mol. The van der Waals surface area contributed by atoms with Gasteiger partial charge >= 0.3 is 5.97 Å². The molecule has 1 saturated heterocycles. The number of rotatable bonds is 7. The fourth-order valence-electron chi connectivity index (χ4n) is 4.83. The van der Waals surface area contributed by atoms with E-state index in [-0.39, 0.29) is 6.42 Å². The third kappa shape index (κ3) is 5.05. The van der Waals surface area contributed by atoms with Crippen molar-refractivity contribution in [3.05, 3.63) is 54.3 Å². The predicted molar refractivity (Wildman–Crippen MR) is 119 cm³/mol. The van der Waals surface area contributed by atoms with Gasteiger partial charge in [0.2, 0.25) is 12.6 Å². The molecule has 198 valence electrons. The van der Waals surface area contributed by atoms with Crippen LogP contribution in [0.2, 0.25) is 0 Å². The molecule has 0 amide bonds. The zero-order chi connectivity index (χ0) is 26.1.